The van der Waals surface area contributed by atoms with Crippen molar-refractivity contribution in [3.63, 3.8) is 0 Å². The zero-order chi connectivity index (χ0) is 14.0. The highest BCUT2D eigenvalue weighted by Crippen LogP contribution is 2.26. The van der Waals surface area contributed by atoms with Crippen LogP contribution in [0.5, 0.6) is 0 Å². The molecular weight excluding hydrogens is 252 g/mol. The fourth-order valence-corrected chi connectivity index (χ4v) is 1.97. The lowest BCUT2D eigenvalue weighted by Crippen LogP contribution is -2.43. The van der Waals surface area contributed by atoms with Crippen molar-refractivity contribution in [1.29, 1.82) is 0 Å². The maximum atomic E-state index is 10.6. The molecule has 4 N–H and O–H groups in total. The molecule has 0 amide bonds. The van der Waals surface area contributed by atoms with Gasteiger partial charge in [0.1, 0.15) is 11.4 Å². The summed E-state index contributed by atoms with van der Waals surface area (Å²) in [6.45, 7) is 2.56. The van der Waals surface area contributed by atoms with Gasteiger partial charge in [-0.05, 0) is 13.0 Å². The summed E-state index contributed by atoms with van der Waals surface area (Å²) in [5.74, 6) is 0.230. The monoisotopic (exact) mass is 268 g/mol. The third kappa shape index (κ3) is 2.74. The third-order valence-corrected chi connectivity index (χ3v) is 3.33. The molecule has 2 heterocycles. The lowest BCUT2D eigenvalue weighted by molar-refractivity contribution is -0.384. The first-order valence-electron chi connectivity index (χ1n) is 5.91. The van der Waals surface area contributed by atoms with Gasteiger partial charge in [-0.15, -0.1) is 0 Å². The van der Waals surface area contributed by atoms with Crippen LogP contribution in [-0.4, -0.2) is 39.9 Å². The maximum absolute atomic E-state index is 10.6. The molecule has 0 radical (unpaired) electrons. The van der Waals surface area contributed by atoms with Gasteiger partial charge in [0.15, 0.2) is 0 Å². The van der Waals surface area contributed by atoms with Gasteiger partial charge in [0.25, 0.3) is 0 Å². The molecule has 2 unspecified atom stereocenters. The Labute approximate surface area is 109 Å². The highest BCUT2D eigenvalue weighted by molar-refractivity contribution is 5.57. The van der Waals surface area contributed by atoms with Gasteiger partial charge in [0.2, 0.25) is 5.82 Å². The van der Waals surface area contributed by atoms with E-state index < -0.39 is 10.5 Å². The molecule has 1 aromatic rings. The van der Waals surface area contributed by atoms with E-state index in [1.807, 2.05) is 0 Å². The first kappa shape index (κ1) is 13.5. The fraction of sp³-hybridized carbons (Fsp3) is 0.545. The van der Waals surface area contributed by atoms with Crippen LogP contribution < -0.4 is 11.1 Å². The first-order chi connectivity index (χ1) is 8.92. The fourth-order valence-electron chi connectivity index (χ4n) is 1.97. The zero-order valence-electron chi connectivity index (χ0n) is 10.5. The van der Waals surface area contributed by atoms with E-state index in [9.17, 15) is 15.2 Å². The SMILES string of the molecule is CC1OCCC1(O)CNc1ccc([N+](=O)[O-])c(N)n1. The van der Waals surface area contributed by atoms with Crippen LogP contribution in [0, 0.1) is 10.1 Å². The summed E-state index contributed by atoms with van der Waals surface area (Å²) in [6, 6.07) is 2.74. The van der Waals surface area contributed by atoms with Crippen LogP contribution in [0.1, 0.15) is 13.3 Å². The van der Waals surface area contributed by atoms with Gasteiger partial charge in [0.05, 0.1) is 11.0 Å². The Bertz CT molecular complexity index is 496. The molecule has 2 rings (SSSR count). The second-order valence-corrected chi connectivity index (χ2v) is 4.58. The normalized spacial score (nSPS) is 26.3. The van der Waals surface area contributed by atoms with Crippen LogP contribution in [0.25, 0.3) is 0 Å². The second kappa shape index (κ2) is 4.98. The van der Waals surface area contributed by atoms with Crippen molar-refractivity contribution < 1.29 is 14.8 Å². The standard InChI is InChI=1S/C11H16N4O4/c1-7-11(16,4-5-19-7)6-13-9-3-2-8(15(17)18)10(12)14-9/h2-3,7,16H,4-6H2,1H3,(H3,12,13,14). The molecule has 1 aliphatic rings. The van der Waals surface area contributed by atoms with E-state index in [4.69, 9.17) is 10.5 Å². The molecule has 0 aliphatic carbocycles. The van der Waals surface area contributed by atoms with E-state index in [0.29, 0.717) is 18.8 Å². The summed E-state index contributed by atoms with van der Waals surface area (Å²) in [7, 11) is 0. The van der Waals surface area contributed by atoms with Crippen molar-refractivity contribution >= 4 is 17.3 Å². The molecule has 0 bridgehead atoms. The molecule has 8 heteroatoms. The summed E-state index contributed by atoms with van der Waals surface area (Å²) < 4.78 is 5.31. The maximum Gasteiger partial charge on any atom is 0.311 e. The minimum Gasteiger partial charge on any atom is -0.385 e. The third-order valence-electron chi connectivity index (χ3n) is 3.33. The first-order valence-corrected chi connectivity index (χ1v) is 5.91. The zero-order valence-corrected chi connectivity index (χ0v) is 10.5. The summed E-state index contributed by atoms with van der Waals surface area (Å²) in [5.41, 5.74) is 4.29. The lowest BCUT2D eigenvalue weighted by Gasteiger charge is -2.26. The van der Waals surface area contributed by atoms with Gasteiger partial charge in [-0.2, -0.15) is 0 Å². The molecule has 0 spiro atoms. The van der Waals surface area contributed by atoms with Gasteiger partial charge in [-0.25, -0.2) is 4.98 Å². The van der Waals surface area contributed by atoms with Crippen LogP contribution in [-0.2, 0) is 4.74 Å². The highest BCUT2D eigenvalue weighted by atomic mass is 16.6. The topological polar surface area (TPSA) is 124 Å². The highest BCUT2D eigenvalue weighted by Gasteiger charge is 2.39. The predicted molar refractivity (Wildman–Crippen MR) is 68.8 cm³/mol. The Morgan fingerprint density at radius 1 is 1.74 bits per heavy atom. The average Bonchev–Trinajstić information content (AvgIpc) is 2.67. The second-order valence-electron chi connectivity index (χ2n) is 4.58. The summed E-state index contributed by atoms with van der Waals surface area (Å²) in [5, 5.41) is 23.8. The minimum absolute atomic E-state index is 0.155. The molecular formula is C11H16N4O4. The Morgan fingerprint density at radius 3 is 3.00 bits per heavy atom. The number of nitrogens with zero attached hydrogens (tertiary/aromatic N) is 2. The van der Waals surface area contributed by atoms with E-state index in [0.717, 1.165) is 0 Å². The summed E-state index contributed by atoms with van der Waals surface area (Å²) >= 11 is 0. The number of anilines is 2. The van der Waals surface area contributed by atoms with E-state index >= 15 is 0 Å². The minimum atomic E-state index is -0.960. The van der Waals surface area contributed by atoms with E-state index in [-0.39, 0.29) is 24.2 Å². The van der Waals surface area contributed by atoms with Crippen molar-refractivity contribution in [2.24, 2.45) is 0 Å². The van der Waals surface area contributed by atoms with Crippen LogP contribution in [0.3, 0.4) is 0 Å². The molecule has 1 aliphatic heterocycles. The Kier molecular flexibility index (Phi) is 3.54. The average molecular weight is 268 g/mol. The number of nitrogens with two attached hydrogens (primary N) is 1. The molecule has 1 fully saturated rings. The smallest absolute Gasteiger partial charge is 0.311 e. The molecule has 8 nitrogen and oxygen atoms in total. The number of rotatable bonds is 4. The summed E-state index contributed by atoms with van der Waals surface area (Å²) in [6.07, 6.45) is 0.263. The Hall–Kier alpha value is -1.93. The lowest BCUT2D eigenvalue weighted by atomic mass is 9.97. The van der Waals surface area contributed by atoms with Crippen molar-refractivity contribution in [3.8, 4) is 0 Å². The van der Waals surface area contributed by atoms with E-state index in [2.05, 4.69) is 10.3 Å². The largest absolute Gasteiger partial charge is 0.385 e. The van der Waals surface area contributed by atoms with Gasteiger partial charge in [0, 0.05) is 25.6 Å². The number of hydrogen-bond donors (Lipinski definition) is 3. The van der Waals surface area contributed by atoms with Crippen molar-refractivity contribution in [1.82, 2.24) is 4.98 Å². The van der Waals surface area contributed by atoms with Crippen molar-refractivity contribution in [2.45, 2.75) is 25.0 Å². The quantitative estimate of drug-likeness (QED) is 0.537. The Morgan fingerprint density at radius 2 is 2.47 bits per heavy atom. The molecule has 1 saturated heterocycles. The summed E-state index contributed by atoms with van der Waals surface area (Å²) in [4.78, 5) is 13.9. The van der Waals surface area contributed by atoms with Crippen LogP contribution >= 0.6 is 0 Å². The molecule has 1 aromatic heterocycles. The molecule has 19 heavy (non-hydrogen) atoms. The predicted octanol–water partition coefficient (Wildman–Crippen LogP) is 0.524. The van der Waals surface area contributed by atoms with Crippen molar-refractivity contribution in [3.05, 3.63) is 22.2 Å². The Balaban J connectivity index is 2.04. The molecule has 0 aromatic carbocycles. The number of pyridine rings is 1. The van der Waals surface area contributed by atoms with Gasteiger partial charge < -0.3 is 20.9 Å². The van der Waals surface area contributed by atoms with Gasteiger partial charge in [-0.1, -0.05) is 0 Å². The molecule has 2 atom stereocenters. The van der Waals surface area contributed by atoms with Gasteiger partial charge >= 0.3 is 5.69 Å². The van der Waals surface area contributed by atoms with Crippen LogP contribution in [0.4, 0.5) is 17.3 Å². The van der Waals surface area contributed by atoms with Gasteiger partial charge in [-0.3, -0.25) is 10.1 Å². The number of hydrogen-bond acceptors (Lipinski definition) is 7. The number of aromatic nitrogens is 1. The number of aliphatic hydroxyl groups is 1. The van der Waals surface area contributed by atoms with E-state index in [1.165, 1.54) is 12.1 Å². The van der Waals surface area contributed by atoms with Crippen LogP contribution in [0.2, 0.25) is 0 Å². The van der Waals surface area contributed by atoms with E-state index in [1.54, 1.807) is 6.92 Å². The molecule has 0 saturated carbocycles. The number of nitrogens with one attached hydrogen (secondary N) is 1. The van der Waals surface area contributed by atoms with Crippen LogP contribution in [0.15, 0.2) is 12.1 Å². The number of nitro groups is 1. The van der Waals surface area contributed by atoms with Crippen molar-refractivity contribution in [2.75, 3.05) is 24.2 Å². The number of nitrogen functional groups attached to an aromatic ring is 1. The molecule has 104 valence electrons. The number of ether oxygens (including phenoxy) is 1.